The maximum absolute atomic E-state index is 11.6. The molecule has 0 amide bonds. The molecule has 0 unspecified atom stereocenters. The summed E-state index contributed by atoms with van der Waals surface area (Å²) < 4.78 is 7.35. The molecular formula is C15H15NO3. The van der Waals surface area contributed by atoms with Crippen molar-refractivity contribution < 1.29 is 9.53 Å². The van der Waals surface area contributed by atoms with Crippen LogP contribution in [0.25, 0.3) is 5.69 Å². The lowest BCUT2D eigenvalue weighted by Gasteiger charge is -2.15. The van der Waals surface area contributed by atoms with Crippen LogP contribution in [-0.4, -0.2) is 17.5 Å². The lowest BCUT2D eigenvalue weighted by atomic mass is 10.2. The average Bonchev–Trinajstić information content (AvgIpc) is 2.40. The highest BCUT2D eigenvalue weighted by Gasteiger charge is 2.09. The number of nitrogens with zero attached hydrogens (tertiary/aromatic N) is 1. The number of benzene rings is 1. The zero-order valence-electron chi connectivity index (χ0n) is 10.9. The fraction of sp³-hybridized carbons (Fsp3) is 0.200. The number of pyridine rings is 1. The predicted molar refractivity (Wildman–Crippen MR) is 73.3 cm³/mol. The minimum Gasteiger partial charge on any atom is -0.492 e. The summed E-state index contributed by atoms with van der Waals surface area (Å²) in [6.45, 7) is 4.28. The third-order valence-corrected chi connectivity index (χ3v) is 2.82. The van der Waals surface area contributed by atoms with Crippen LogP contribution < -0.4 is 10.2 Å². The molecule has 98 valence electrons. The Labute approximate surface area is 111 Å². The Hall–Kier alpha value is -2.36. The van der Waals surface area contributed by atoms with E-state index in [1.807, 2.05) is 38.1 Å². The molecule has 4 heteroatoms. The van der Waals surface area contributed by atoms with Crippen molar-refractivity contribution in [1.82, 2.24) is 4.57 Å². The molecule has 2 rings (SSSR count). The first kappa shape index (κ1) is 13.1. The zero-order chi connectivity index (χ0) is 13.8. The number of carbonyl (C=O) groups excluding carboxylic acids is 1. The molecule has 0 saturated carbocycles. The van der Waals surface area contributed by atoms with E-state index in [9.17, 15) is 9.59 Å². The summed E-state index contributed by atoms with van der Waals surface area (Å²) in [4.78, 5) is 22.5. The van der Waals surface area contributed by atoms with E-state index in [2.05, 4.69) is 0 Å². The first-order chi connectivity index (χ1) is 9.17. The topological polar surface area (TPSA) is 48.3 Å². The molecule has 0 aliphatic heterocycles. The summed E-state index contributed by atoms with van der Waals surface area (Å²) in [7, 11) is 0. The third kappa shape index (κ3) is 2.57. The number of para-hydroxylation sites is 2. The second kappa shape index (κ2) is 5.52. The molecule has 2 aromatic rings. The highest BCUT2D eigenvalue weighted by atomic mass is 16.5. The van der Waals surface area contributed by atoms with Gasteiger partial charge in [-0.05, 0) is 26.0 Å². The third-order valence-electron chi connectivity index (χ3n) is 2.82. The van der Waals surface area contributed by atoms with E-state index < -0.39 is 0 Å². The molecule has 0 bridgehead atoms. The zero-order valence-corrected chi connectivity index (χ0v) is 10.9. The van der Waals surface area contributed by atoms with Gasteiger partial charge in [0.15, 0.2) is 11.7 Å². The van der Waals surface area contributed by atoms with Crippen LogP contribution in [0.3, 0.4) is 0 Å². The molecule has 0 fully saturated rings. The summed E-state index contributed by atoms with van der Waals surface area (Å²) in [5.41, 5.74) is 1.43. The minimum absolute atomic E-state index is 0.136. The van der Waals surface area contributed by atoms with Gasteiger partial charge in [-0.2, -0.15) is 0 Å². The van der Waals surface area contributed by atoms with Crippen molar-refractivity contribution in [3.8, 4) is 11.4 Å². The number of hydrogen-bond donors (Lipinski definition) is 0. The number of aldehydes is 1. The monoisotopic (exact) mass is 257 g/mol. The minimum atomic E-state index is -0.266. The summed E-state index contributed by atoms with van der Waals surface area (Å²) in [6, 6.07) is 8.96. The summed E-state index contributed by atoms with van der Waals surface area (Å²) in [5.74, 6) is 0.716. The second-order valence-corrected chi connectivity index (χ2v) is 4.12. The first-order valence-corrected chi connectivity index (χ1v) is 6.08. The van der Waals surface area contributed by atoms with Crippen molar-refractivity contribution in [2.24, 2.45) is 0 Å². The van der Waals surface area contributed by atoms with Crippen LogP contribution in [0, 0.1) is 6.92 Å². The van der Waals surface area contributed by atoms with Gasteiger partial charge in [-0.25, -0.2) is 0 Å². The van der Waals surface area contributed by atoms with Gasteiger partial charge in [-0.1, -0.05) is 12.1 Å². The smallest absolute Gasteiger partial charge is 0.192 e. The van der Waals surface area contributed by atoms with Crippen molar-refractivity contribution in [1.29, 1.82) is 0 Å². The predicted octanol–water partition coefficient (Wildman–Crippen LogP) is 2.36. The highest BCUT2D eigenvalue weighted by molar-refractivity contribution is 5.74. The molecule has 0 aliphatic carbocycles. The Kier molecular flexibility index (Phi) is 3.80. The molecule has 1 heterocycles. The number of ether oxygens (including phenoxy) is 1. The van der Waals surface area contributed by atoms with Gasteiger partial charge in [0.25, 0.3) is 0 Å². The van der Waals surface area contributed by atoms with Crippen LogP contribution in [0.1, 0.15) is 23.0 Å². The Morgan fingerprint density at radius 3 is 2.74 bits per heavy atom. The van der Waals surface area contributed by atoms with Gasteiger partial charge >= 0.3 is 0 Å². The maximum Gasteiger partial charge on any atom is 0.192 e. The summed E-state index contributed by atoms with van der Waals surface area (Å²) in [6.07, 6.45) is 2.12. The van der Waals surface area contributed by atoms with Crippen molar-refractivity contribution in [2.75, 3.05) is 6.61 Å². The second-order valence-electron chi connectivity index (χ2n) is 4.12. The normalized spacial score (nSPS) is 10.2. The lowest BCUT2D eigenvalue weighted by molar-refractivity contribution is 0.112. The van der Waals surface area contributed by atoms with Gasteiger partial charge in [-0.3, -0.25) is 9.59 Å². The van der Waals surface area contributed by atoms with Gasteiger partial charge in [0.1, 0.15) is 5.75 Å². The van der Waals surface area contributed by atoms with E-state index in [-0.39, 0.29) is 11.0 Å². The van der Waals surface area contributed by atoms with E-state index >= 15 is 0 Å². The van der Waals surface area contributed by atoms with Crippen molar-refractivity contribution >= 4 is 6.29 Å². The van der Waals surface area contributed by atoms with Gasteiger partial charge in [-0.15, -0.1) is 0 Å². The number of aryl methyl sites for hydroxylation is 1. The van der Waals surface area contributed by atoms with Crippen LogP contribution in [0.5, 0.6) is 5.75 Å². The van der Waals surface area contributed by atoms with Crippen molar-refractivity contribution in [3.63, 3.8) is 0 Å². The van der Waals surface area contributed by atoms with Gasteiger partial charge < -0.3 is 9.30 Å². The summed E-state index contributed by atoms with van der Waals surface area (Å²) >= 11 is 0. The van der Waals surface area contributed by atoms with Crippen LogP contribution >= 0.6 is 0 Å². The number of rotatable bonds is 4. The molecule has 0 spiro atoms. The Balaban J connectivity index is 2.65. The van der Waals surface area contributed by atoms with E-state index in [1.54, 1.807) is 10.8 Å². The van der Waals surface area contributed by atoms with Gasteiger partial charge in [0, 0.05) is 18.0 Å². The molecule has 0 atom stereocenters. The standard InChI is InChI=1S/C15H15NO3/c1-3-19-15-7-5-4-6-13(15)16-9-12(10-17)14(18)8-11(16)2/h4-10H,3H2,1-2H3. The SMILES string of the molecule is CCOc1ccccc1-n1cc(C=O)c(=O)cc1C. The molecule has 0 radical (unpaired) electrons. The first-order valence-electron chi connectivity index (χ1n) is 6.08. The molecule has 1 aromatic carbocycles. The quantitative estimate of drug-likeness (QED) is 0.790. The molecule has 0 N–H and O–H groups in total. The maximum atomic E-state index is 11.6. The molecular weight excluding hydrogens is 242 g/mol. The number of hydrogen-bond acceptors (Lipinski definition) is 3. The lowest BCUT2D eigenvalue weighted by Crippen LogP contribution is -2.14. The number of carbonyl (C=O) groups is 1. The van der Waals surface area contributed by atoms with Crippen LogP contribution in [0.15, 0.2) is 41.3 Å². The average molecular weight is 257 g/mol. The number of aromatic nitrogens is 1. The molecule has 0 aliphatic rings. The molecule has 1 aromatic heterocycles. The molecule has 19 heavy (non-hydrogen) atoms. The van der Waals surface area contributed by atoms with Gasteiger partial charge in [0.2, 0.25) is 0 Å². The molecule has 0 saturated heterocycles. The summed E-state index contributed by atoms with van der Waals surface area (Å²) in [5, 5.41) is 0. The van der Waals surface area contributed by atoms with E-state index in [1.165, 1.54) is 6.07 Å². The fourth-order valence-electron chi connectivity index (χ4n) is 1.93. The largest absolute Gasteiger partial charge is 0.492 e. The van der Waals surface area contributed by atoms with Crippen LogP contribution in [0.4, 0.5) is 0 Å². The van der Waals surface area contributed by atoms with E-state index in [0.717, 1.165) is 11.4 Å². The van der Waals surface area contributed by atoms with Crippen LogP contribution in [0.2, 0.25) is 0 Å². The van der Waals surface area contributed by atoms with Gasteiger partial charge in [0.05, 0.1) is 17.9 Å². The fourth-order valence-corrected chi connectivity index (χ4v) is 1.93. The highest BCUT2D eigenvalue weighted by Crippen LogP contribution is 2.23. The van der Waals surface area contributed by atoms with E-state index in [4.69, 9.17) is 4.74 Å². The Morgan fingerprint density at radius 1 is 1.32 bits per heavy atom. The Morgan fingerprint density at radius 2 is 2.05 bits per heavy atom. The van der Waals surface area contributed by atoms with Crippen molar-refractivity contribution in [3.05, 3.63) is 58.0 Å². The van der Waals surface area contributed by atoms with Crippen LogP contribution in [-0.2, 0) is 0 Å². The van der Waals surface area contributed by atoms with Crippen molar-refractivity contribution in [2.45, 2.75) is 13.8 Å². The Bertz CT molecular complexity index is 659. The molecule has 4 nitrogen and oxygen atoms in total. The van der Waals surface area contributed by atoms with E-state index in [0.29, 0.717) is 18.6 Å².